The van der Waals surface area contributed by atoms with Crippen LogP contribution in [0.2, 0.25) is 4.34 Å². The number of thiophene rings is 1. The lowest BCUT2D eigenvalue weighted by molar-refractivity contribution is -0.899. The fourth-order valence-electron chi connectivity index (χ4n) is 2.44. The molecule has 2 aromatic rings. The molecule has 1 atom stereocenters. The average Bonchev–Trinajstić information content (AvgIpc) is 2.98. The SMILES string of the molecule is C=CC[NH+](CC(=O)NCc1ccccc1OC)Cc1ccc(Cl)s1. The molecule has 1 aromatic carbocycles. The van der Waals surface area contributed by atoms with Gasteiger partial charge in [0.25, 0.3) is 5.91 Å². The molecule has 1 amide bonds. The molecule has 6 heteroatoms. The van der Waals surface area contributed by atoms with E-state index in [1.807, 2.05) is 42.5 Å². The van der Waals surface area contributed by atoms with Crippen LogP contribution in [0.5, 0.6) is 5.75 Å². The minimum absolute atomic E-state index is 0.000379. The van der Waals surface area contributed by atoms with Gasteiger partial charge in [-0.2, -0.15) is 0 Å². The maximum absolute atomic E-state index is 12.3. The number of quaternary nitrogens is 1. The van der Waals surface area contributed by atoms with Crippen molar-refractivity contribution in [2.24, 2.45) is 0 Å². The van der Waals surface area contributed by atoms with Crippen LogP contribution in [0.3, 0.4) is 0 Å². The third-order valence-corrected chi connectivity index (χ3v) is 4.80. The molecule has 0 fully saturated rings. The highest BCUT2D eigenvalue weighted by molar-refractivity contribution is 7.16. The van der Waals surface area contributed by atoms with Gasteiger partial charge in [-0.1, -0.05) is 36.4 Å². The van der Waals surface area contributed by atoms with Crippen LogP contribution in [-0.2, 0) is 17.9 Å². The zero-order chi connectivity index (χ0) is 17.4. The highest BCUT2D eigenvalue weighted by Gasteiger charge is 2.15. The van der Waals surface area contributed by atoms with Crippen LogP contribution >= 0.6 is 22.9 Å². The van der Waals surface area contributed by atoms with Gasteiger partial charge in [-0.15, -0.1) is 11.3 Å². The van der Waals surface area contributed by atoms with Gasteiger partial charge in [-0.3, -0.25) is 4.79 Å². The lowest BCUT2D eigenvalue weighted by Gasteiger charge is -2.17. The lowest BCUT2D eigenvalue weighted by atomic mass is 10.2. The standard InChI is InChI=1S/C18H21ClN2O2S/c1-3-10-21(12-15-8-9-17(19)24-15)13-18(22)20-11-14-6-4-5-7-16(14)23-2/h3-9H,1,10-13H2,2H3,(H,20,22)/p+1. The van der Waals surface area contributed by atoms with E-state index in [4.69, 9.17) is 16.3 Å². The quantitative estimate of drug-likeness (QED) is 0.670. The van der Waals surface area contributed by atoms with Gasteiger partial charge in [0.15, 0.2) is 6.54 Å². The molecular formula is C18H22ClN2O2S+. The molecule has 0 spiro atoms. The molecule has 0 radical (unpaired) electrons. The Bertz CT molecular complexity index is 687. The van der Waals surface area contributed by atoms with E-state index in [9.17, 15) is 4.79 Å². The first-order valence-electron chi connectivity index (χ1n) is 7.69. The summed E-state index contributed by atoms with van der Waals surface area (Å²) in [6.07, 6.45) is 1.83. The average molecular weight is 366 g/mol. The predicted octanol–water partition coefficient (Wildman–Crippen LogP) is 2.30. The zero-order valence-corrected chi connectivity index (χ0v) is 15.3. The summed E-state index contributed by atoms with van der Waals surface area (Å²) in [6, 6.07) is 11.6. The summed E-state index contributed by atoms with van der Waals surface area (Å²) in [5, 5.41) is 2.96. The van der Waals surface area contributed by atoms with E-state index in [2.05, 4.69) is 11.9 Å². The molecule has 1 unspecified atom stereocenters. The molecule has 0 saturated carbocycles. The number of halogens is 1. The Kier molecular flexibility index (Phi) is 7.31. The van der Waals surface area contributed by atoms with E-state index in [1.165, 1.54) is 0 Å². The summed E-state index contributed by atoms with van der Waals surface area (Å²) in [4.78, 5) is 14.6. The number of nitrogens with one attached hydrogen (secondary N) is 2. The van der Waals surface area contributed by atoms with Crippen LogP contribution in [0, 0.1) is 0 Å². The second kappa shape index (κ2) is 9.47. The molecule has 2 rings (SSSR count). The molecule has 2 N–H and O–H groups in total. The van der Waals surface area contributed by atoms with E-state index in [1.54, 1.807) is 18.4 Å². The molecule has 0 aliphatic carbocycles. The third kappa shape index (κ3) is 5.67. The molecule has 0 aliphatic rings. The lowest BCUT2D eigenvalue weighted by Crippen LogP contribution is -3.11. The summed E-state index contributed by atoms with van der Waals surface area (Å²) in [5.74, 6) is 0.779. The van der Waals surface area contributed by atoms with Crippen molar-refractivity contribution in [1.29, 1.82) is 0 Å². The van der Waals surface area contributed by atoms with Crippen LogP contribution in [0.25, 0.3) is 0 Å². The first kappa shape index (κ1) is 18.5. The fourth-order valence-corrected chi connectivity index (χ4v) is 3.60. The maximum Gasteiger partial charge on any atom is 0.275 e. The van der Waals surface area contributed by atoms with Crippen molar-refractivity contribution in [2.45, 2.75) is 13.1 Å². The normalized spacial score (nSPS) is 11.8. The molecule has 4 nitrogen and oxygen atoms in total. The first-order valence-corrected chi connectivity index (χ1v) is 8.89. The Morgan fingerprint density at radius 3 is 2.83 bits per heavy atom. The minimum atomic E-state index is 0.000379. The van der Waals surface area contributed by atoms with Crippen LogP contribution in [0.4, 0.5) is 0 Å². The van der Waals surface area contributed by atoms with Gasteiger partial charge in [0.2, 0.25) is 0 Å². The van der Waals surface area contributed by atoms with Gasteiger partial charge in [-0.25, -0.2) is 0 Å². The van der Waals surface area contributed by atoms with Crippen molar-refractivity contribution in [1.82, 2.24) is 5.32 Å². The first-order chi connectivity index (χ1) is 11.6. The van der Waals surface area contributed by atoms with Gasteiger partial charge in [0.05, 0.1) is 22.9 Å². The highest BCUT2D eigenvalue weighted by atomic mass is 35.5. The number of ether oxygens (including phenoxy) is 1. The largest absolute Gasteiger partial charge is 0.496 e. The van der Waals surface area contributed by atoms with Crippen molar-refractivity contribution in [2.75, 3.05) is 20.2 Å². The molecule has 0 saturated heterocycles. The Labute approximate surface area is 151 Å². The molecule has 0 aliphatic heterocycles. The minimum Gasteiger partial charge on any atom is -0.496 e. The fraction of sp³-hybridized carbons (Fsp3) is 0.278. The Morgan fingerprint density at radius 2 is 2.17 bits per heavy atom. The summed E-state index contributed by atoms with van der Waals surface area (Å²) < 4.78 is 6.06. The second-order valence-electron chi connectivity index (χ2n) is 5.39. The number of hydrogen-bond acceptors (Lipinski definition) is 3. The Hall–Kier alpha value is -1.82. The van der Waals surface area contributed by atoms with Crippen molar-refractivity contribution in [3.8, 4) is 5.75 Å². The van der Waals surface area contributed by atoms with Gasteiger partial charge in [0.1, 0.15) is 12.3 Å². The molecular weight excluding hydrogens is 344 g/mol. The van der Waals surface area contributed by atoms with Crippen LogP contribution in [0.1, 0.15) is 10.4 Å². The molecule has 1 aromatic heterocycles. The summed E-state index contributed by atoms with van der Waals surface area (Å²) in [5.41, 5.74) is 0.962. The van der Waals surface area contributed by atoms with E-state index in [0.29, 0.717) is 13.1 Å². The maximum atomic E-state index is 12.3. The van der Waals surface area contributed by atoms with Crippen LogP contribution < -0.4 is 15.0 Å². The number of carbonyl (C=O) groups is 1. The van der Waals surface area contributed by atoms with E-state index in [-0.39, 0.29) is 5.91 Å². The molecule has 1 heterocycles. The van der Waals surface area contributed by atoms with Crippen molar-refractivity contribution in [3.63, 3.8) is 0 Å². The van der Waals surface area contributed by atoms with Crippen LogP contribution in [-0.4, -0.2) is 26.1 Å². The number of rotatable bonds is 9. The number of hydrogen-bond donors (Lipinski definition) is 2. The zero-order valence-electron chi connectivity index (χ0n) is 13.7. The number of methoxy groups -OCH3 is 1. The molecule has 0 bridgehead atoms. The smallest absolute Gasteiger partial charge is 0.275 e. The van der Waals surface area contributed by atoms with E-state index >= 15 is 0 Å². The third-order valence-electron chi connectivity index (χ3n) is 3.57. The number of benzene rings is 1. The van der Waals surface area contributed by atoms with E-state index in [0.717, 1.165) is 38.5 Å². The second-order valence-corrected chi connectivity index (χ2v) is 7.19. The van der Waals surface area contributed by atoms with Gasteiger partial charge >= 0.3 is 0 Å². The highest BCUT2D eigenvalue weighted by Crippen LogP contribution is 2.20. The van der Waals surface area contributed by atoms with Crippen molar-refractivity contribution >= 4 is 28.8 Å². The summed E-state index contributed by atoms with van der Waals surface area (Å²) in [7, 11) is 1.63. The monoisotopic (exact) mass is 365 g/mol. The Balaban J connectivity index is 1.89. The number of para-hydroxylation sites is 1. The molecule has 24 heavy (non-hydrogen) atoms. The van der Waals surface area contributed by atoms with Gasteiger partial charge in [-0.05, 0) is 24.3 Å². The Morgan fingerprint density at radius 1 is 1.38 bits per heavy atom. The van der Waals surface area contributed by atoms with Crippen molar-refractivity contribution in [3.05, 3.63) is 63.8 Å². The summed E-state index contributed by atoms with van der Waals surface area (Å²) in [6.45, 7) is 6.09. The number of amides is 1. The predicted molar refractivity (Wildman–Crippen MR) is 98.8 cm³/mol. The van der Waals surface area contributed by atoms with Gasteiger partial charge in [0, 0.05) is 12.1 Å². The van der Waals surface area contributed by atoms with Gasteiger partial charge < -0.3 is 15.0 Å². The van der Waals surface area contributed by atoms with E-state index < -0.39 is 0 Å². The van der Waals surface area contributed by atoms with Crippen molar-refractivity contribution < 1.29 is 14.4 Å². The number of carbonyl (C=O) groups excluding carboxylic acids is 1. The summed E-state index contributed by atoms with van der Waals surface area (Å²) >= 11 is 7.52. The topological polar surface area (TPSA) is 42.8 Å². The molecule has 128 valence electrons. The van der Waals surface area contributed by atoms with Crippen LogP contribution in [0.15, 0.2) is 49.1 Å².